The van der Waals surface area contributed by atoms with Crippen LogP contribution in [0.2, 0.25) is 0 Å². The zero-order valence-electron chi connectivity index (χ0n) is 15.1. The topological polar surface area (TPSA) is 34.9 Å². The Bertz CT molecular complexity index is 963. The van der Waals surface area contributed by atoms with Crippen LogP contribution in [0.1, 0.15) is 43.2 Å². The van der Waals surface area contributed by atoms with Gasteiger partial charge in [0.25, 0.3) is 5.56 Å². The summed E-state index contributed by atoms with van der Waals surface area (Å²) in [6.07, 6.45) is 4.96. The number of fused-ring (bicyclic) bond motifs is 3. The molecule has 3 aromatic rings. The number of rotatable bonds is 2. The summed E-state index contributed by atoms with van der Waals surface area (Å²) in [5, 5.41) is 0.866. The molecule has 1 aliphatic carbocycles. The maximum Gasteiger partial charge on any atom is 0.262 e. The number of hydrogen-bond acceptors (Lipinski definition) is 3. The molecule has 0 spiro atoms. The van der Waals surface area contributed by atoms with Crippen molar-refractivity contribution in [3.8, 4) is 0 Å². The van der Waals surface area contributed by atoms with Crippen molar-refractivity contribution in [2.45, 2.75) is 46.6 Å². The lowest BCUT2D eigenvalue weighted by Crippen LogP contribution is -2.27. The van der Waals surface area contributed by atoms with Gasteiger partial charge in [-0.25, -0.2) is 4.98 Å². The molecule has 0 saturated carbocycles. The minimum atomic E-state index is 0.112. The Morgan fingerprint density at radius 2 is 2.00 bits per heavy atom. The molecule has 1 aliphatic rings. The van der Waals surface area contributed by atoms with Gasteiger partial charge < -0.3 is 0 Å². The van der Waals surface area contributed by atoms with Gasteiger partial charge in [0.2, 0.25) is 0 Å². The lowest BCUT2D eigenvalue weighted by Gasteiger charge is -2.33. The van der Waals surface area contributed by atoms with E-state index in [0.717, 1.165) is 35.0 Å². The molecular weight excluding hydrogens is 328 g/mol. The van der Waals surface area contributed by atoms with E-state index in [1.165, 1.54) is 10.4 Å². The summed E-state index contributed by atoms with van der Waals surface area (Å²) in [6.45, 7) is 7.54. The minimum absolute atomic E-state index is 0.112. The summed E-state index contributed by atoms with van der Waals surface area (Å²) in [7, 11) is 0. The number of nitrogens with zero attached hydrogens (tertiary/aromatic N) is 2. The van der Waals surface area contributed by atoms with Crippen LogP contribution < -0.4 is 5.56 Å². The summed E-state index contributed by atoms with van der Waals surface area (Å²) in [5.41, 5.74) is 2.82. The number of aryl methyl sites for hydroxylation is 1. The smallest absolute Gasteiger partial charge is 0.262 e. The standard InChI is InChI=1S/C21H24N2OS/c1-21(2,3)15-9-10-16-17(11-15)25-19-18(16)20(24)23(13-22-19)12-14-7-5-4-6-8-14/h4-8,13,15H,9-12H2,1-3H3/t15-/m0/s1. The second-order valence-corrected chi connectivity index (χ2v) is 9.24. The summed E-state index contributed by atoms with van der Waals surface area (Å²) in [6, 6.07) is 10.1. The van der Waals surface area contributed by atoms with Gasteiger partial charge >= 0.3 is 0 Å². The highest BCUT2D eigenvalue weighted by Gasteiger charge is 2.31. The van der Waals surface area contributed by atoms with Gasteiger partial charge in [-0.15, -0.1) is 11.3 Å². The van der Waals surface area contributed by atoms with E-state index in [9.17, 15) is 4.79 Å². The maximum absolute atomic E-state index is 13.1. The quantitative estimate of drug-likeness (QED) is 0.672. The number of benzene rings is 1. The maximum atomic E-state index is 13.1. The second kappa shape index (κ2) is 6.10. The molecule has 0 fully saturated rings. The molecule has 4 heteroatoms. The molecular formula is C21H24N2OS. The highest BCUT2D eigenvalue weighted by molar-refractivity contribution is 7.18. The molecule has 25 heavy (non-hydrogen) atoms. The SMILES string of the molecule is CC(C)(C)[C@H]1CCc2c(sc3ncn(Cc4ccccc4)c(=O)c23)C1. The van der Waals surface area contributed by atoms with Crippen LogP contribution in [0.15, 0.2) is 41.5 Å². The van der Waals surface area contributed by atoms with Crippen LogP contribution in [0.25, 0.3) is 10.2 Å². The zero-order chi connectivity index (χ0) is 17.6. The van der Waals surface area contributed by atoms with Crippen molar-refractivity contribution >= 4 is 21.6 Å². The van der Waals surface area contributed by atoms with Crippen LogP contribution in [0.3, 0.4) is 0 Å². The van der Waals surface area contributed by atoms with Crippen LogP contribution in [0.5, 0.6) is 0 Å². The molecule has 0 N–H and O–H groups in total. The van der Waals surface area contributed by atoms with Crippen LogP contribution in [-0.4, -0.2) is 9.55 Å². The molecule has 0 aliphatic heterocycles. The third-order valence-corrected chi connectivity index (χ3v) is 6.62. The Hall–Kier alpha value is -1.94. The van der Waals surface area contributed by atoms with Crippen molar-refractivity contribution in [3.63, 3.8) is 0 Å². The normalized spacial score (nSPS) is 17.6. The molecule has 3 nitrogen and oxygen atoms in total. The van der Waals surface area contributed by atoms with Crippen molar-refractivity contribution in [2.75, 3.05) is 0 Å². The predicted molar refractivity (Wildman–Crippen MR) is 104 cm³/mol. The fourth-order valence-electron chi connectivity index (χ4n) is 3.83. The van der Waals surface area contributed by atoms with Gasteiger partial charge in [-0.05, 0) is 41.7 Å². The van der Waals surface area contributed by atoms with Crippen molar-refractivity contribution in [1.82, 2.24) is 9.55 Å². The molecule has 2 heterocycles. The fraction of sp³-hybridized carbons (Fsp3) is 0.429. The summed E-state index contributed by atoms with van der Waals surface area (Å²) >= 11 is 1.72. The van der Waals surface area contributed by atoms with E-state index in [1.807, 2.05) is 30.3 Å². The highest BCUT2D eigenvalue weighted by Crippen LogP contribution is 2.41. The first-order valence-electron chi connectivity index (χ1n) is 8.97. The fourth-order valence-corrected chi connectivity index (χ4v) is 5.09. The largest absolute Gasteiger partial charge is 0.294 e. The van der Waals surface area contributed by atoms with Gasteiger partial charge in [0.1, 0.15) is 4.83 Å². The monoisotopic (exact) mass is 352 g/mol. The molecule has 4 rings (SSSR count). The molecule has 0 saturated heterocycles. The molecule has 0 radical (unpaired) electrons. The molecule has 1 aromatic carbocycles. The lowest BCUT2D eigenvalue weighted by molar-refractivity contribution is 0.218. The first-order chi connectivity index (χ1) is 11.9. The van der Waals surface area contributed by atoms with Gasteiger partial charge in [0, 0.05) is 4.88 Å². The molecule has 1 atom stereocenters. The number of thiophene rings is 1. The van der Waals surface area contributed by atoms with Crippen LogP contribution in [-0.2, 0) is 19.4 Å². The molecule has 0 unspecified atom stereocenters. The summed E-state index contributed by atoms with van der Waals surface area (Å²) < 4.78 is 1.75. The number of hydrogen-bond donors (Lipinski definition) is 0. The van der Waals surface area contributed by atoms with E-state index in [2.05, 4.69) is 25.8 Å². The second-order valence-electron chi connectivity index (χ2n) is 8.15. The van der Waals surface area contributed by atoms with Crippen molar-refractivity contribution < 1.29 is 0 Å². The zero-order valence-corrected chi connectivity index (χ0v) is 15.9. The van der Waals surface area contributed by atoms with Gasteiger partial charge in [-0.2, -0.15) is 0 Å². The summed E-state index contributed by atoms with van der Waals surface area (Å²) in [4.78, 5) is 20.0. The molecule has 0 bridgehead atoms. The van der Waals surface area contributed by atoms with Gasteiger partial charge in [0.05, 0.1) is 18.3 Å². The van der Waals surface area contributed by atoms with Crippen molar-refractivity contribution in [2.24, 2.45) is 11.3 Å². The molecule has 0 amide bonds. The third-order valence-electron chi connectivity index (χ3n) is 5.46. The Balaban J connectivity index is 1.75. The predicted octanol–water partition coefficient (Wildman–Crippen LogP) is 4.66. The van der Waals surface area contributed by atoms with Crippen LogP contribution in [0.4, 0.5) is 0 Å². The Kier molecular flexibility index (Phi) is 4.03. The van der Waals surface area contributed by atoms with Gasteiger partial charge in [0.15, 0.2) is 0 Å². The van der Waals surface area contributed by atoms with E-state index in [4.69, 9.17) is 0 Å². The average Bonchev–Trinajstić information content (AvgIpc) is 2.96. The lowest BCUT2D eigenvalue weighted by atomic mass is 9.72. The summed E-state index contributed by atoms with van der Waals surface area (Å²) in [5.74, 6) is 0.680. The third kappa shape index (κ3) is 3.04. The molecule has 2 aromatic heterocycles. The average molecular weight is 353 g/mol. The van der Waals surface area contributed by atoms with E-state index >= 15 is 0 Å². The van der Waals surface area contributed by atoms with Gasteiger partial charge in [-0.3, -0.25) is 9.36 Å². The number of aromatic nitrogens is 2. The van der Waals surface area contributed by atoms with E-state index in [1.54, 1.807) is 22.2 Å². The van der Waals surface area contributed by atoms with Crippen LogP contribution >= 0.6 is 11.3 Å². The van der Waals surface area contributed by atoms with Crippen molar-refractivity contribution in [3.05, 3.63) is 63.0 Å². The van der Waals surface area contributed by atoms with E-state index in [-0.39, 0.29) is 5.56 Å². The van der Waals surface area contributed by atoms with Crippen molar-refractivity contribution in [1.29, 1.82) is 0 Å². The first-order valence-corrected chi connectivity index (χ1v) is 9.79. The highest BCUT2D eigenvalue weighted by atomic mass is 32.1. The van der Waals surface area contributed by atoms with E-state index in [0.29, 0.717) is 17.9 Å². The Morgan fingerprint density at radius 3 is 2.72 bits per heavy atom. The Labute approximate surface area is 152 Å². The Morgan fingerprint density at radius 1 is 1.24 bits per heavy atom. The van der Waals surface area contributed by atoms with E-state index < -0.39 is 0 Å². The molecule has 130 valence electrons. The first kappa shape index (κ1) is 16.5. The minimum Gasteiger partial charge on any atom is -0.294 e. The van der Waals surface area contributed by atoms with Crippen LogP contribution in [0, 0.1) is 11.3 Å². The van der Waals surface area contributed by atoms with Gasteiger partial charge in [-0.1, -0.05) is 51.1 Å².